The zero-order chi connectivity index (χ0) is 16.9. The summed E-state index contributed by atoms with van der Waals surface area (Å²) in [6.45, 7) is 2.72. The van der Waals surface area contributed by atoms with Crippen LogP contribution in [0, 0.1) is 0 Å². The van der Waals surface area contributed by atoms with Crippen LogP contribution in [0.15, 0.2) is 67.0 Å². The summed E-state index contributed by atoms with van der Waals surface area (Å²) in [5, 5.41) is 18.0. The fourth-order valence-electron chi connectivity index (χ4n) is 2.71. The molecular weight excluding hydrogens is 298 g/mol. The summed E-state index contributed by atoms with van der Waals surface area (Å²) in [4.78, 5) is 0. The van der Waals surface area contributed by atoms with Gasteiger partial charge in [-0.1, -0.05) is 54.6 Å². The highest BCUT2D eigenvalue weighted by molar-refractivity contribution is 5.61. The molecule has 1 heterocycles. The number of nitrogens with zero attached hydrogens (tertiary/aromatic N) is 2. The quantitative estimate of drug-likeness (QED) is 0.732. The van der Waals surface area contributed by atoms with Gasteiger partial charge in [0.15, 0.2) is 0 Å². The van der Waals surface area contributed by atoms with Gasteiger partial charge in [-0.25, -0.2) is 0 Å². The molecule has 0 aliphatic carbocycles. The van der Waals surface area contributed by atoms with Crippen molar-refractivity contribution in [1.82, 2.24) is 15.1 Å². The lowest BCUT2D eigenvalue weighted by atomic mass is 10.0. The standard InChI is InChI=1S/C20H23N3O/c1-15(20(24)18-6-4-3-5-7-18)21-12-16-8-10-17(11-9-16)19-13-22-23(2)14-19/h3-11,13-15,20-21,24H,12H2,1-2H3. The lowest BCUT2D eigenvalue weighted by Crippen LogP contribution is -2.31. The second-order valence-electron chi connectivity index (χ2n) is 6.12. The molecule has 0 saturated heterocycles. The van der Waals surface area contributed by atoms with E-state index < -0.39 is 6.10 Å². The summed E-state index contributed by atoms with van der Waals surface area (Å²) in [6, 6.07) is 18.2. The zero-order valence-corrected chi connectivity index (χ0v) is 14.1. The highest BCUT2D eigenvalue weighted by Gasteiger charge is 2.15. The van der Waals surface area contributed by atoms with E-state index in [9.17, 15) is 5.11 Å². The van der Waals surface area contributed by atoms with Crippen molar-refractivity contribution >= 4 is 0 Å². The SMILES string of the molecule is CC(NCc1ccc(-c2cnn(C)c2)cc1)C(O)c1ccccc1. The molecule has 1 aromatic heterocycles. The van der Waals surface area contributed by atoms with Crippen LogP contribution in [0.2, 0.25) is 0 Å². The van der Waals surface area contributed by atoms with E-state index in [2.05, 4.69) is 34.7 Å². The summed E-state index contributed by atoms with van der Waals surface area (Å²) in [5.74, 6) is 0. The van der Waals surface area contributed by atoms with Crippen LogP contribution in [0.5, 0.6) is 0 Å². The summed E-state index contributed by atoms with van der Waals surface area (Å²) in [5.41, 5.74) is 4.40. The van der Waals surface area contributed by atoms with E-state index in [4.69, 9.17) is 0 Å². The maximum absolute atomic E-state index is 10.4. The minimum Gasteiger partial charge on any atom is -0.387 e. The second-order valence-corrected chi connectivity index (χ2v) is 6.12. The van der Waals surface area contributed by atoms with Crippen molar-refractivity contribution in [2.45, 2.75) is 25.6 Å². The van der Waals surface area contributed by atoms with Gasteiger partial charge in [-0.3, -0.25) is 4.68 Å². The number of nitrogens with one attached hydrogen (secondary N) is 1. The van der Waals surface area contributed by atoms with E-state index in [0.29, 0.717) is 0 Å². The van der Waals surface area contributed by atoms with Crippen LogP contribution in [0.3, 0.4) is 0 Å². The molecule has 3 rings (SSSR count). The van der Waals surface area contributed by atoms with Gasteiger partial charge in [0.25, 0.3) is 0 Å². The number of hydrogen-bond acceptors (Lipinski definition) is 3. The monoisotopic (exact) mass is 321 g/mol. The summed E-state index contributed by atoms with van der Waals surface area (Å²) in [7, 11) is 1.92. The Hall–Kier alpha value is -2.43. The van der Waals surface area contributed by atoms with Crippen molar-refractivity contribution in [3.63, 3.8) is 0 Å². The fraction of sp³-hybridized carbons (Fsp3) is 0.250. The number of aromatic nitrogens is 2. The lowest BCUT2D eigenvalue weighted by Gasteiger charge is -2.20. The van der Waals surface area contributed by atoms with Crippen molar-refractivity contribution in [1.29, 1.82) is 0 Å². The van der Waals surface area contributed by atoms with Crippen LogP contribution in [-0.2, 0) is 13.6 Å². The van der Waals surface area contributed by atoms with Crippen molar-refractivity contribution < 1.29 is 5.11 Å². The molecule has 0 spiro atoms. The number of aliphatic hydroxyl groups is 1. The minimum atomic E-state index is -0.513. The van der Waals surface area contributed by atoms with Crippen molar-refractivity contribution in [2.24, 2.45) is 7.05 Å². The van der Waals surface area contributed by atoms with Gasteiger partial charge in [0, 0.05) is 31.4 Å². The van der Waals surface area contributed by atoms with Crippen molar-refractivity contribution in [3.05, 3.63) is 78.1 Å². The van der Waals surface area contributed by atoms with Crippen molar-refractivity contribution in [2.75, 3.05) is 0 Å². The first-order valence-electron chi connectivity index (χ1n) is 8.18. The van der Waals surface area contributed by atoms with Gasteiger partial charge in [-0.2, -0.15) is 5.10 Å². The molecule has 4 nitrogen and oxygen atoms in total. The molecule has 0 amide bonds. The molecule has 0 saturated carbocycles. The van der Waals surface area contributed by atoms with Crippen LogP contribution < -0.4 is 5.32 Å². The fourth-order valence-corrected chi connectivity index (χ4v) is 2.71. The Balaban J connectivity index is 1.58. The van der Waals surface area contributed by atoms with Crippen LogP contribution >= 0.6 is 0 Å². The molecule has 4 heteroatoms. The van der Waals surface area contributed by atoms with Crippen molar-refractivity contribution in [3.8, 4) is 11.1 Å². The summed E-state index contributed by atoms with van der Waals surface area (Å²) >= 11 is 0. The first-order valence-corrected chi connectivity index (χ1v) is 8.18. The van der Waals surface area contributed by atoms with Gasteiger partial charge in [0.1, 0.15) is 0 Å². The smallest absolute Gasteiger partial charge is 0.0940 e. The molecule has 0 aliphatic heterocycles. The maximum atomic E-state index is 10.4. The Morgan fingerprint density at radius 2 is 1.75 bits per heavy atom. The van der Waals surface area contributed by atoms with E-state index in [1.54, 1.807) is 4.68 Å². The molecule has 2 unspecified atom stereocenters. The number of aryl methyl sites for hydroxylation is 1. The third-order valence-corrected chi connectivity index (χ3v) is 4.24. The molecule has 3 aromatic rings. The third-order valence-electron chi connectivity index (χ3n) is 4.24. The minimum absolute atomic E-state index is 0.0228. The largest absolute Gasteiger partial charge is 0.387 e. The number of rotatable bonds is 6. The third kappa shape index (κ3) is 3.91. The van der Waals surface area contributed by atoms with E-state index >= 15 is 0 Å². The molecule has 0 bridgehead atoms. The van der Waals surface area contributed by atoms with Crippen LogP contribution in [-0.4, -0.2) is 20.9 Å². The molecule has 2 N–H and O–H groups in total. The molecule has 0 aliphatic rings. The van der Waals surface area contributed by atoms with Gasteiger partial charge in [-0.15, -0.1) is 0 Å². The van der Waals surface area contributed by atoms with Crippen LogP contribution in [0.4, 0.5) is 0 Å². The van der Waals surface area contributed by atoms with Gasteiger partial charge in [-0.05, 0) is 23.6 Å². The Morgan fingerprint density at radius 1 is 1.04 bits per heavy atom. The Morgan fingerprint density at radius 3 is 2.38 bits per heavy atom. The predicted octanol–water partition coefficient (Wildman–Crippen LogP) is 3.30. The molecule has 2 atom stereocenters. The van der Waals surface area contributed by atoms with Crippen LogP contribution in [0.1, 0.15) is 24.2 Å². The first kappa shape index (κ1) is 16.4. The highest BCUT2D eigenvalue weighted by atomic mass is 16.3. The molecule has 24 heavy (non-hydrogen) atoms. The number of hydrogen-bond donors (Lipinski definition) is 2. The average molecular weight is 321 g/mol. The van der Waals surface area contributed by atoms with E-state index in [1.165, 1.54) is 5.56 Å². The summed E-state index contributed by atoms with van der Waals surface area (Å²) < 4.78 is 1.80. The lowest BCUT2D eigenvalue weighted by molar-refractivity contribution is 0.135. The van der Waals surface area contributed by atoms with E-state index in [-0.39, 0.29) is 6.04 Å². The first-order chi connectivity index (χ1) is 11.6. The average Bonchev–Trinajstić information content (AvgIpc) is 3.06. The number of aliphatic hydroxyl groups excluding tert-OH is 1. The Kier molecular flexibility index (Phi) is 5.08. The topological polar surface area (TPSA) is 50.1 Å². The van der Waals surface area contributed by atoms with Gasteiger partial charge in [0.05, 0.1) is 12.3 Å². The maximum Gasteiger partial charge on any atom is 0.0940 e. The predicted molar refractivity (Wildman–Crippen MR) is 96.3 cm³/mol. The normalized spacial score (nSPS) is 13.6. The van der Waals surface area contributed by atoms with Gasteiger partial charge in [0.2, 0.25) is 0 Å². The molecule has 0 fully saturated rings. The van der Waals surface area contributed by atoms with Crippen LogP contribution in [0.25, 0.3) is 11.1 Å². The summed E-state index contributed by atoms with van der Waals surface area (Å²) in [6.07, 6.45) is 3.36. The molecular formula is C20H23N3O. The Labute approximate surface area is 142 Å². The number of benzene rings is 2. The van der Waals surface area contributed by atoms with E-state index in [1.807, 2.05) is 56.7 Å². The molecule has 124 valence electrons. The molecule has 0 radical (unpaired) electrons. The van der Waals surface area contributed by atoms with Gasteiger partial charge >= 0.3 is 0 Å². The Bertz CT molecular complexity index is 765. The van der Waals surface area contributed by atoms with Gasteiger partial charge < -0.3 is 10.4 Å². The highest BCUT2D eigenvalue weighted by Crippen LogP contribution is 2.20. The second kappa shape index (κ2) is 7.43. The molecule has 2 aromatic carbocycles. The van der Waals surface area contributed by atoms with E-state index in [0.717, 1.165) is 23.2 Å². The zero-order valence-electron chi connectivity index (χ0n) is 14.1.